The number of ether oxygens (including phenoxy) is 2. The van der Waals surface area contributed by atoms with E-state index in [1.807, 2.05) is 49.4 Å². The number of hydrogen-bond acceptors (Lipinski definition) is 4. The van der Waals surface area contributed by atoms with Gasteiger partial charge in [0.25, 0.3) is 0 Å². The fraction of sp³-hybridized carbons (Fsp3) is 0.263. The van der Waals surface area contributed by atoms with Crippen LogP contribution in [0.4, 0.5) is 0 Å². The van der Waals surface area contributed by atoms with E-state index in [0.29, 0.717) is 19.0 Å². The number of rotatable bonds is 4. The molecular weight excluding hydrogens is 318 g/mol. The van der Waals surface area contributed by atoms with E-state index in [9.17, 15) is 4.79 Å². The fourth-order valence-electron chi connectivity index (χ4n) is 2.92. The van der Waals surface area contributed by atoms with E-state index in [1.165, 1.54) is 0 Å². The molecule has 1 aliphatic rings. The molecule has 0 saturated heterocycles. The van der Waals surface area contributed by atoms with Crippen LogP contribution in [-0.2, 0) is 11.2 Å². The van der Waals surface area contributed by atoms with Gasteiger partial charge in [0.05, 0.1) is 23.5 Å². The molecule has 0 aliphatic carbocycles. The summed E-state index contributed by atoms with van der Waals surface area (Å²) in [6.45, 7) is 3.01. The summed E-state index contributed by atoms with van der Waals surface area (Å²) in [5.74, 6) is 2.11. The van der Waals surface area contributed by atoms with E-state index in [2.05, 4.69) is 15.3 Å². The van der Waals surface area contributed by atoms with Gasteiger partial charge in [-0.3, -0.25) is 4.79 Å². The molecule has 3 aromatic rings. The maximum Gasteiger partial charge on any atom is 0.224 e. The van der Waals surface area contributed by atoms with E-state index < -0.39 is 0 Å². The highest BCUT2D eigenvalue weighted by molar-refractivity contribution is 5.79. The Morgan fingerprint density at radius 1 is 1.20 bits per heavy atom. The van der Waals surface area contributed by atoms with Gasteiger partial charge in [-0.05, 0) is 36.8 Å². The highest BCUT2D eigenvalue weighted by Gasteiger charge is 2.16. The zero-order chi connectivity index (χ0) is 17.2. The molecule has 1 atom stereocenters. The Morgan fingerprint density at radius 2 is 2.00 bits per heavy atom. The molecule has 6 nitrogen and oxygen atoms in total. The molecule has 0 spiro atoms. The van der Waals surface area contributed by atoms with Gasteiger partial charge in [0.2, 0.25) is 5.91 Å². The number of nitrogens with one attached hydrogen (secondary N) is 2. The van der Waals surface area contributed by atoms with Crippen molar-refractivity contribution in [2.75, 3.05) is 13.2 Å². The van der Waals surface area contributed by atoms with Crippen LogP contribution in [0.15, 0.2) is 42.5 Å². The maximum atomic E-state index is 12.4. The molecule has 1 aromatic heterocycles. The van der Waals surface area contributed by atoms with Gasteiger partial charge in [-0.15, -0.1) is 0 Å². The molecule has 0 bridgehead atoms. The topological polar surface area (TPSA) is 76.2 Å². The van der Waals surface area contributed by atoms with Crippen molar-refractivity contribution in [1.29, 1.82) is 0 Å². The lowest BCUT2D eigenvalue weighted by Crippen LogP contribution is -2.28. The monoisotopic (exact) mass is 337 g/mol. The fourth-order valence-corrected chi connectivity index (χ4v) is 2.92. The standard InChI is InChI=1S/C19H19N3O3/c1-12(19-21-14-4-2-3-5-15(14)22-19)20-18(23)11-13-6-7-16-17(10-13)25-9-8-24-16/h2-7,10,12H,8-9,11H2,1H3,(H,20,23)(H,21,22)/t12-/m0/s1. The Bertz CT molecular complexity index is 886. The SMILES string of the molecule is C[C@H](NC(=O)Cc1ccc2c(c1)OCCO2)c1nc2ccccc2[nH]1. The van der Waals surface area contributed by atoms with Gasteiger partial charge in [0, 0.05) is 0 Å². The van der Waals surface area contributed by atoms with Crippen molar-refractivity contribution in [3.63, 3.8) is 0 Å². The summed E-state index contributed by atoms with van der Waals surface area (Å²) in [7, 11) is 0. The van der Waals surface area contributed by atoms with Gasteiger partial charge in [-0.1, -0.05) is 18.2 Å². The average Bonchev–Trinajstić information content (AvgIpc) is 3.06. The van der Waals surface area contributed by atoms with Crippen molar-refractivity contribution in [2.45, 2.75) is 19.4 Å². The molecule has 4 rings (SSSR count). The van der Waals surface area contributed by atoms with E-state index >= 15 is 0 Å². The molecule has 1 aliphatic heterocycles. The van der Waals surface area contributed by atoms with Gasteiger partial charge >= 0.3 is 0 Å². The average molecular weight is 337 g/mol. The first kappa shape index (κ1) is 15.5. The van der Waals surface area contributed by atoms with E-state index in [0.717, 1.165) is 28.2 Å². The molecule has 0 fully saturated rings. The van der Waals surface area contributed by atoms with Crippen LogP contribution in [0.5, 0.6) is 11.5 Å². The lowest BCUT2D eigenvalue weighted by molar-refractivity contribution is -0.121. The molecule has 2 heterocycles. The van der Waals surface area contributed by atoms with Crippen LogP contribution in [-0.4, -0.2) is 29.1 Å². The van der Waals surface area contributed by atoms with Crippen LogP contribution in [0.2, 0.25) is 0 Å². The van der Waals surface area contributed by atoms with Crippen LogP contribution in [0.1, 0.15) is 24.4 Å². The summed E-state index contributed by atoms with van der Waals surface area (Å²) < 4.78 is 11.1. The molecule has 0 radical (unpaired) electrons. The number of H-pyrrole nitrogens is 1. The summed E-state index contributed by atoms with van der Waals surface area (Å²) in [6.07, 6.45) is 0.279. The maximum absolute atomic E-state index is 12.4. The molecule has 6 heteroatoms. The van der Waals surface area contributed by atoms with Crippen LogP contribution < -0.4 is 14.8 Å². The van der Waals surface area contributed by atoms with Crippen molar-refractivity contribution in [2.24, 2.45) is 0 Å². The van der Waals surface area contributed by atoms with Crippen molar-refractivity contribution in [3.8, 4) is 11.5 Å². The van der Waals surface area contributed by atoms with Crippen LogP contribution in [0.25, 0.3) is 11.0 Å². The van der Waals surface area contributed by atoms with Crippen molar-refractivity contribution >= 4 is 16.9 Å². The minimum atomic E-state index is -0.197. The molecule has 0 saturated carbocycles. The second kappa shape index (κ2) is 6.47. The number of amides is 1. The molecule has 1 amide bonds. The lowest BCUT2D eigenvalue weighted by Gasteiger charge is -2.19. The zero-order valence-corrected chi connectivity index (χ0v) is 13.9. The predicted molar refractivity (Wildman–Crippen MR) is 93.8 cm³/mol. The zero-order valence-electron chi connectivity index (χ0n) is 13.9. The second-order valence-corrected chi connectivity index (χ2v) is 6.08. The van der Waals surface area contributed by atoms with E-state index in [4.69, 9.17) is 9.47 Å². The number of carbonyl (C=O) groups is 1. The van der Waals surface area contributed by atoms with E-state index in [-0.39, 0.29) is 18.4 Å². The van der Waals surface area contributed by atoms with Gasteiger partial charge in [-0.2, -0.15) is 0 Å². The van der Waals surface area contributed by atoms with Crippen molar-refractivity contribution < 1.29 is 14.3 Å². The lowest BCUT2D eigenvalue weighted by atomic mass is 10.1. The normalized spacial score (nSPS) is 14.3. The number of imidazole rings is 1. The Hall–Kier alpha value is -3.02. The Labute approximate surface area is 145 Å². The number of hydrogen-bond donors (Lipinski definition) is 2. The number of aromatic nitrogens is 2. The summed E-state index contributed by atoms with van der Waals surface area (Å²) >= 11 is 0. The quantitative estimate of drug-likeness (QED) is 0.767. The summed E-state index contributed by atoms with van der Waals surface area (Å²) in [5, 5.41) is 2.98. The van der Waals surface area contributed by atoms with Crippen molar-refractivity contribution in [1.82, 2.24) is 15.3 Å². The van der Waals surface area contributed by atoms with Gasteiger partial charge in [-0.25, -0.2) is 4.98 Å². The molecule has 2 aromatic carbocycles. The van der Waals surface area contributed by atoms with E-state index in [1.54, 1.807) is 0 Å². The first-order valence-electron chi connectivity index (χ1n) is 8.31. The summed E-state index contributed by atoms with van der Waals surface area (Å²) in [6, 6.07) is 13.2. The molecular formula is C19H19N3O3. The second-order valence-electron chi connectivity index (χ2n) is 6.08. The Balaban J connectivity index is 1.43. The first-order chi connectivity index (χ1) is 12.2. The van der Waals surface area contributed by atoms with Crippen LogP contribution >= 0.6 is 0 Å². The highest BCUT2D eigenvalue weighted by atomic mass is 16.6. The highest BCUT2D eigenvalue weighted by Crippen LogP contribution is 2.30. The van der Waals surface area contributed by atoms with Crippen molar-refractivity contribution in [3.05, 3.63) is 53.9 Å². The number of nitrogens with zero attached hydrogens (tertiary/aromatic N) is 1. The smallest absolute Gasteiger partial charge is 0.224 e. The Morgan fingerprint density at radius 3 is 2.84 bits per heavy atom. The Kier molecular flexibility index (Phi) is 4.01. The minimum absolute atomic E-state index is 0.0652. The number of aromatic amines is 1. The largest absolute Gasteiger partial charge is 0.486 e. The molecule has 0 unspecified atom stereocenters. The van der Waals surface area contributed by atoms with Crippen LogP contribution in [0, 0.1) is 0 Å². The number of benzene rings is 2. The minimum Gasteiger partial charge on any atom is -0.486 e. The number of fused-ring (bicyclic) bond motifs is 2. The number of para-hydroxylation sites is 2. The summed E-state index contributed by atoms with van der Waals surface area (Å²) in [5.41, 5.74) is 2.74. The third-order valence-electron chi connectivity index (χ3n) is 4.17. The molecule has 2 N–H and O–H groups in total. The molecule has 25 heavy (non-hydrogen) atoms. The van der Waals surface area contributed by atoms with Gasteiger partial charge in [0.15, 0.2) is 11.5 Å². The third kappa shape index (κ3) is 3.28. The third-order valence-corrected chi connectivity index (χ3v) is 4.17. The predicted octanol–water partition coefficient (Wildman–Crippen LogP) is 2.75. The molecule has 128 valence electrons. The van der Waals surface area contributed by atoms with Gasteiger partial charge < -0.3 is 19.8 Å². The summed E-state index contributed by atoms with van der Waals surface area (Å²) in [4.78, 5) is 20.1. The first-order valence-corrected chi connectivity index (χ1v) is 8.31. The van der Waals surface area contributed by atoms with Gasteiger partial charge in [0.1, 0.15) is 19.0 Å². The van der Waals surface area contributed by atoms with Crippen LogP contribution in [0.3, 0.4) is 0 Å². The number of carbonyl (C=O) groups excluding carboxylic acids is 1.